The van der Waals surface area contributed by atoms with Gasteiger partial charge in [-0.3, -0.25) is 9.59 Å². The first-order chi connectivity index (χ1) is 10.2. The molecule has 2 amide bonds. The number of benzene rings is 1. The summed E-state index contributed by atoms with van der Waals surface area (Å²) in [5.74, 6) is -0.268. The molecular formula is C16H21N3O2. The number of carbonyl (C=O) groups excluding carboxylic acids is 2. The van der Waals surface area contributed by atoms with E-state index in [-0.39, 0.29) is 17.9 Å². The number of amides is 2. The zero-order chi connectivity index (χ0) is 14.7. The zero-order valence-electron chi connectivity index (χ0n) is 12.1. The highest BCUT2D eigenvalue weighted by Gasteiger charge is 2.25. The van der Waals surface area contributed by atoms with Crippen molar-refractivity contribution in [3.05, 3.63) is 29.8 Å². The molecule has 0 aliphatic carbocycles. The van der Waals surface area contributed by atoms with Crippen LogP contribution in [0, 0.1) is 0 Å². The predicted octanol–water partition coefficient (Wildman–Crippen LogP) is 1.30. The molecule has 112 valence electrons. The van der Waals surface area contributed by atoms with E-state index in [0.717, 1.165) is 13.1 Å². The van der Waals surface area contributed by atoms with Gasteiger partial charge in [0, 0.05) is 30.9 Å². The fraction of sp³-hybridized carbons (Fsp3) is 0.500. The Morgan fingerprint density at radius 2 is 1.86 bits per heavy atom. The van der Waals surface area contributed by atoms with E-state index in [9.17, 15) is 9.59 Å². The number of piperidine rings is 1. The number of anilines is 1. The lowest BCUT2D eigenvalue weighted by Gasteiger charge is -2.28. The van der Waals surface area contributed by atoms with Gasteiger partial charge in [0.2, 0.25) is 5.91 Å². The maximum absolute atomic E-state index is 12.1. The monoisotopic (exact) mass is 287 g/mol. The van der Waals surface area contributed by atoms with Gasteiger partial charge in [0.15, 0.2) is 0 Å². The minimum Gasteiger partial charge on any atom is -0.372 e. The molecule has 0 aromatic heterocycles. The summed E-state index contributed by atoms with van der Waals surface area (Å²) in [6.45, 7) is 2.82. The van der Waals surface area contributed by atoms with Gasteiger partial charge in [-0.25, -0.2) is 0 Å². The molecule has 2 aliphatic rings. The number of carbonyl (C=O) groups is 2. The Labute approximate surface area is 124 Å². The van der Waals surface area contributed by atoms with E-state index in [1.54, 1.807) is 0 Å². The molecule has 2 fully saturated rings. The Kier molecular flexibility index (Phi) is 4.08. The summed E-state index contributed by atoms with van der Waals surface area (Å²) in [7, 11) is 0. The van der Waals surface area contributed by atoms with E-state index in [0.29, 0.717) is 18.5 Å². The molecule has 5 heteroatoms. The van der Waals surface area contributed by atoms with E-state index < -0.39 is 0 Å². The lowest BCUT2D eigenvalue weighted by Crippen LogP contribution is -2.40. The summed E-state index contributed by atoms with van der Waals surface area (Å²) in [6.07, 6.45) is 4.44. The molecule has 2 aliphatic heterocycles. The molecule has 2 heterocycles. The van der Waals surface area contributed by atoms with Crippen molar-refractivity contribution >= 4 is 17.5 Å². The SMILES string of the molecule is O=C(N[C@@H]1CCNC1=O)c1ccc(N2CCCCC2)cc1. The molecule has 21 heavy (non-hydrogen) atoms. The first-order valence-electron chi connectivity index (χ1n) is 7.67. The van der Waals surface area contributed by atoms with Crippen molar-refractivity contribution in [2.24, 2.45) is 0 Å². The van der Waals surface area contributed by atoms with Gasteiger partial charge in [0.1, 0.15) is 6.04 Å². The maximum Gasteiger partial charge on any atom is 0.251 e. The van der Waals surface area contributed by atoms with Gasteiger partial charge in [-0.2, -0.15) is 0 Å². The second kappa shape index (κ2) is 6.16. The van der Waals surface area contributed by atoms with Gasteiger partial charge >= 0.3 is 0 Å². The van der Waals surface area contributed by atoms with Crippen LogP contribution in [0.5, 0.6) is 0 Å². The first-order valence-corrected chi connectivity index (χ1v) is 7.67. The van der Waals surface area contributed by atoms with Gasteiger partial charge in [-0.15, -0.1) is 0 Å². The summed E-state index contributed by atoms with van der Waals surface area (Å²) >= 11 is 0. The van der Waals surface area contributed by atoms with Crippen LogP contribution in [0.15, 0.2) is 24.3 Å². The van der Waals surface area contributed by atoms with E-state index in [4.69, 9.17) is 0 Å². The van der Waals surface area contributed by atoms with E-state index in [1.807, 2.05) is 24.3 Å². The summed E-state index contributed by atoms with van der Waals surface area (Å²) in [4.78, 5) is 26.0. The second-order valence-corrected chi connectivity index (χ2v) is 5.70. The molecule has 0 unspecified atom stereocenters. The topological polar surface area (TPSA) is 61.4 Å². The molecule has 0 bridgehead atoms. The third-order valence-corrected chi connectivity index (χ3v) is 4.20. The fourth-order valence-corrected chi connectivity index (χ4v) is 2.95. The van der Waals surface area contributed by atoms with E-state index >= 15 is 0 Å². The Balaban J connectivity index is 1.63. The molecule has 1 atom stereocenters. The number of hydrogen-bond donors (Lipinski definition) is 2. The number of nitrogens with zero attached hydrogens (tertiary/aromatic N) is 1. The van der Waals surface area contributed by atoms with Gasteiger partial charge in [0.25, 0.3) is 5.91 Å². The zero-order valence-corrected chi connectivity index (χ0v) is 12.1. The highest BCUT2D eigenvalue weighted by molar-refractivity contribution is 5.98. The fourth-order valence-electron chi connectivity index (χ4n) is 2.95. The number of nitrogens with one attached hydrogen (secondary N) is 2. The van der Waals surface area contributed by atoms with Crippen LogP contribution in [0.2, 0.25) is 0 Å². The molecule has 0 radical (unpaired) electrons. The van der Waals surface area contributed by atoms with Crippen molar-refractivity contribution in [1.29, 1.82) is 0 Å². The minimum absolute atomic E-state index is 0.0895. The Hall–Kier alpha value is -2.04. The van der Waals surface area contributed by atoms with Crippen molar-refractivity contribution in [2.45, 2.75) is 31.7 Å². The van der Waals surface area contributed by atoms with Crippen molar-refractivity contribution in [1.82, 2.24) is 10.6 Å². The average molecular weight is 287 g/mol. The largest absolute Gasteiger partial charge is 0.372 e. The van der Waals surface area contributed by atoms with Gasteiger partial charge in [-0.1, -0.05) is 0 Å². The average Bonchev–Trinajstić information content (AvgIpc) is 2.93. The van der Waals surface area contributed by atoms with Gasteiger partial charge in [-0.05, 0) is 49.9 Å². The summed E-state index contributed by atoms with van der Waals surface area (Å²) in [5.41, 5.74) is 1.78. The molecule has 5 nitrogen and oxygen atoms in total. The molecular weight excluding hydrogens is 266 g/mol. The standard InChI is InChI=1S/C16H21N3O2/c20-15(18-14-8-9-17-16(14)21)12-4-6-13(7-5-12)19-10-2-1-3-11-19/h4-7,14H,1-3,8-11H2,(H,17,21)(H,18,20)/t14-/m1/s1. The van der Waals surface area contributed by atoms with Crippen molar-refractivity contribution in [3.8, 4) is 0 Å². The van der Waals surface area contributed by atoms with Crippen LogP contribution in [0.3, 0.4) is 0 Å². The summed E-state index contributed by atoms with van der Waals surface area (Å²) in [5, 5.41) is 5.50. The van der Waals surface area contributed by atoms with Crippen LogP contribution in [0.1, 0.15) is 36.0 Å². The quantitative estimate of drug-likeness (QED) is 0.881. The summed E-state index contributed by atoms with van der Waals surface area (Å²) in [6, 6.07) is 7.28. The van der Waals surface area contributed by atoms with Crippen LogP contribution >= 0.6 is 0 Å². The molecule has 0 saturated carbocycles. The Morgan fingerprint density at radius 3 is 2.48 bits per heavy atom. The van der Waals surface area contributed by atoms with E-state index in [1.165, 1.54) is 24.9 Å². The molecule has 2 N–H and O–H groups in total. The molecule has 1 aromatic rings. The van der Waals surface area contributed by atoms with Crippen LogP contribution < -0.4 is 15.5 Å². The predicted molar refractivity (Wildman–Crippen MR) is 81.4 cm³/mol. The highest BCUT2D eigenvalue weighted by atomic mass is 16.2. The number of hydrogen-bond acceptors (Lipinski definition) is 3. The van der Waals surface area contributed by atoms with Crippen LogP contribution in [-0.4, -0.2) is 37.5 Å². The second-order valence-electron chi connectivity index (χ2n) is 5.70. The summed E-state index contributed by atoms with van der Waals surface area (Å²) < 4.78 is 0. The molecule has 3 rings (SSSR count). The smallest absolute Gasteiger partial charge is 0.251 e. The Bertz CT molecular complexity index is 521. The van der Waals surface area contributed by atoms with Gasteiger partial charge in [0.05, 0.1) is 0 Å². The first kappa shape index (κ1) is 13.9. The molecule has 2 saturated heterocycles. The number of rotatable bonds is 3. The molecule has 1 aromatic carbocycles. The van der Waals surface area contributed by atoms with Crippen LogP contribution in [-0.2, 0) is 4.79 Å². The van der Waals surface area contributed by atoms with Crippen molar-refractivity contribution in [3.63, 3.8) is 0 Å². The van der Waals surface area contributed by atoms with Crippen LogP contribution in [0.4, 0.5) is 5.69 Å². The lowest BCUT2D eigenvalue weighted by atomic mass is 10.1. The third kappa shape index (κ3) is 3.17. The Morgan fingerprint density at radius 1 is 1.14 bits per heavy atom. The highest BCUT2D eigenvalue weighted by Crippen LogP contribution is 2.20. The van der Waals surface area contributed by atoms with Crippen molar-refractivity contribution < 1.29 is 9.59 Å². The van der Waals surface area contributed by atoms with Crippen molar-refractivity contribution in [2.75, 3.05) is 24.5 Å². The minimum atomic E-state index is -0.390. The third-order valence-electron chi connectivity index (χ3n) is 4.20. The normalized spacial score (nSPS) is 22.0. The van der Waals surface area contributed by atoms with Gasteiger partial charge < -0.3 is 15.5 Å². The lowest BCUT2D eigenvalue weighted by molar-refractivity contribution is -0.120. The van der Waals surface area contributed by atoms with E-state index in [2.05, 4.69) is 15.5 Å². The maximum atomic E-state index is 12.1. The molecule has 0 spiro atoms. The van der Waals surface area contributed by atoms with Crippen LogP contribution in [0.25, 0.3) is 0 Å².